The van der Waals surface area contributed by atoms with Crippen molar-refractivity contribution in [1.82, 2.24) is 0 Å². The molecule has 1 aliphatic rings. The number of carbonyl (C=O) groups is 4. The highest BCUT2D eigenvalue weighted by Gasteiger charge is 2.33. The molecule has 0 bridgehead atoms. The summed E-state index contributed by atoms with van der Waals surface area (Å²) in [6.07, 6.45) is 0. The van der Waals surface area contributed by atoms with Gasteiger partial charge >= 0.3 is 17.9 Å². The number of carboxylic acid groups (broad SMARTS) is 1. The first kappa shape index (κ1) is 23.0. The van der Waals surface area contributed by atoms with Crippen molar-refractivity contribution >= 4 is 41.0 Å². The molecule has 0 aliphatic carbocycles. The number of methoxy groups -OCH3 is 2. The normalized spacial score (nSPS) is 13.5. The lowest BCUT2D eigenvalue weighted by Crippen LogP contribution is -2.39. The van der Waals surface area contributed by atoms with Crippen molar-refractivity contribution in [2.75, 3.05) is 32.5 Å². The van der Waals surface area contributed by atoms with Gasteiger partial charge in [0, 0.05) is 11.1 Å². The zero-order chi connectivity index (χ0) is 23.4. The summed E-state index contributed by atoms with van der Waals surface area (Å²) >= 11 is 6.34. The lowest BCUT2D eigenvalue weighted by Gasteiger charge is -2.32. The molecule has 166 valence electrons. The van der Waals surface area contributed by atoms with Crippen molar-refractivity contribution in [1.29, 1.82) is 0 Å². The predicted molar refractivity (Wildman–Crippen MR) is 113 cm³/mol. The summed E-state index contributed by atoms with van der Waals surface area (Å²) in [5.41, 5.74) is -0.0717. The minimum absolute atomic E-state index is 0.0119. The Bertz CT molecular complexity index is 1140. The molecule has 3 rings (SSSR count). The fourth-order valence-electron chi connectivity index (χ4n) is 3.22. The van der Waals surface area contributed by atoms with E-state index in [1.54, 1.807) is 6.07 Å². The molecule has 32 heavy (non-hydrogen) atoms. The van der Waals surface area contributed by atoms with Gasteiger partial charge in [0.15, 0.2) is 5.78 Å². The maximum absolute atomic E-state index is 13.1. The number of carbonyl (C=O) groups excluding carboxylic acids is 3. The second-order valence-corrected chi connectivity index (χ2v) is 6.97. The van der Waals surface area contributed by atoms with Gasteiger partial charge in [0.25, 0.3) is 0 Å². The third-order valence-electron chi connectivity index (χ3n) is 4.73. The third-order valence-corrected chi connectivity index (χ3v) is 5.05. The van der Waals surface area contributed by atoms with Crippen LogP contribution in [0.15, 0.2) is 53.7 Å². The van der Waals surface area contributed by atoms with Gasteiger partial charge in [0.2, 0.25) is 0 Å². The summed E-state index contributed by atoms with van der Waals surface area (Å²) in [6, 6.07) is 10.0. The number of nitrogens with zero attached hydrogens (tertiary/aromatic N) is 1. The molecule has 0 radical (unpaired) electrons. The molecule has 1 N–H and O–H groups in total. The molecule has 0 aromatic heterocycles. The van der Waals surface area contributed by atoms with E-state index in [9.17, 15) is 24.3 Å². The quantitative estimate of drug-likeness (QED) is 0.513. The predicted octanol–water partition coefficient (Wildman–Crippen LogP) is 2.66. The van der Waals surface area contributed by atoms with Gasteiger partial charge in [-0.15, -0.1) is 0 Å². The molecule has 9 nitrogen and oxygen atoms in total. The number of hydrogen-bond donors (Lipinski definition) is 1. The van der Waals surface area contributed by atoms with Crippen molar-refractivity contribution in [2.24, 2.45) is 0 Å². The molecule has 0 atom stereocenters. The highest BCUT2D eigenvalue weighted by Crippen LogP contribution is 2.34. The summed E-state index contributed by atoms with van der Waals surface area (Å²) in [5, 5.41) is 9.55. The van der Waals surface area contributed by atoms with Crippen molar-refractivity contribution in [3.05, 3.63) is 75.4 Å². The number of hydrogen-bond acceptors (Lipinski definition) is 8. The van der Waals surface area contributed by atoms with Crippen LogP contribution in [0, 0.1) is 0 Å². The van der Waals surface area contributed by atoms with Crippen LogP contribution in [0.1, 0.15) is 26.3 Å². The molecule has 2 aromatic rings. The van der Waals surface area contributed by atoms with E-state index in [0.717, 1.165) is 14.2 Å². The first-order chi connectivity index (χ1) is 15.3. The fraction of sp³-hybridized carbons (Fsp3) is 0.182. The largest absolute Gasteiger partial charge is 0.478 e. The number of esters is 2. The molecule has 10 heteroatoms. The summed E-state index contributed by atoms with van der Waals surface area (Å²) < 4.78 is 15.0. The van der Waals surface area contributed by atoms with Crippen LogP contribution in [0.3, 0.4) is 0 Å². The Morgan fingerprint density at radius 3 is 2.28 bits per heavy atom. The van der Waals surface area contributed by atoms with Crippen LogP contribution in [0.25, 0.3) is 0 Å². The Morgan fingerprint density at radius 2 is 1.66 bits per heavy atom. The second kappa shape index (κ2) is 9.63. The number of aromatic carboxylic acids is 1. The Hall–Kier alpha value is -3.69. The van der Waals surface area contributed by atoms with Crippen LogP contribution >= 0.6 is 11.6 Å². The zero-order valence-electron chi connectivity index (χ0n) is 17.1. The number of ether oxygens (including phenoxy) is 3. The minimum atomic E-state index is -1.24. The molecular formula is C22H18ClNO8. The van der Waals surface area contributed by atoms with Gasteiger partial charge in [-0.25, -0.2) is 14.4 Å². The number of carboxylic acids is 1. The Kier molecular flexibility index (Phi) is 6.92. The Morgan fingerprint density at radius 1 is 1.00 bits per heavy atom. The SMILES string of the molecule is COC(=O)C1=C(C(=O)OC)N(c2cc(C(=O)c3ccccc3C(=O)O)ccc2Cl)COC1. The van der Waals surface area contributed by atoms with Gasteiger partial charge in [-0.1, -0.05) is 29.8 Å². The van der Waals surface area contributed by atoms with Gasteiger partial charge in [0.1, 0.15) is 12.4 Å². The van der Waals surface area contributed by atoms with Crippen LogP contribution in [-0.4, -0.2) is 56.4 Å². The molecule has 0 fully saturated rings. The van der Waals surface area contributed by atoms with Crippen molar-refractivity contribution in [3.8, 4) is 0 Å². The Labute approximate surface area is 187 Å². The molecule has 0 amide bonds. The summed E-state index contributed by atoms with van der Waals surface area (Å²) in [5.74, 6) is -3.41. The standard InChI is InChI=1S/C22H18ClNO8/c1-30-21(28)15-10-32-11-24(18(15)22(29)31-2)17-9-12(7-8-16(17)23)19(25)13-5-3-4-6-14(13)20(26)27/h3-9H,10-11H2,1-2H3,(H,26,27). The van der Waals surface area contributed by atoms with Gasteiger partial charge in [0.05, 0.1) is 42.7 Å². The van der Waals surface area contributed by atoms with Crippen molar-refractivity contribution in [3.63, 3.8) is 0 Å². The highest BCUT2D eigenvalue weighted by atomic mass is 35.5. The average Bonchev–Trinajstić information content (AvgIpc) is 2.82. The van der Waals surface area contributed by atoms with E-state index < -0.39 is 23.7 Å². The smallest absolute Gasteiger partial charge is 0.355 e. The molecular weight excluding hydrogens is 442 g/mol. The number of benzene rings is 2. The summed E-state index contributed by atoms with van der Waals surface area (Å²) in [7, 11) is 2.32. The maximum Gasteiger partial charge on any atom is 0.355 e. The van der Waals surface area contributed by atoms with Crippen LogP contribution in [-0.2, 0) is 23.8 Å². The van der Waals surface area contributed by atoms with Crippen LogP contribution < -0.4 is 4.90 Å². The van der Waals surface area contributed by atoms with Gasteiger partial charge in [-0.2, -0.15) is 0 Å². The summed E-state index contributed by atoms with van der Waals surface area (Å²) in [6.45, 7) is -0.343. The number of anilines is 1. The molecule has 0 saturated carbocycles. The highest BCUT2D eigenvalue weighted by molar-refractivity contribution is 6.33. The molecule has 1 aliphatic heterocycles. The zero-order valence-corrected chi connectivity index (χ0v) is 17.8. The first-order valence-corrected chi connectivity index (χ1v) is 9.59. The second-order valence-electron chi connectivity index (χ2n) is 6.56. The van der Waals surface area contributed by atoms with Crippen LogP contribution in [0.5, 0.6) is 0 Å². The maximum atomic E-state index is 13.1. The van der Waals surface area contributed by atoms with Crippen molar-refractivity contribution in [2.45, 2.75) is 0 Å². The van der Waals surface area contributed by atoms with E-state index in [1.807, 2.05) is 0 Å². The van der Waals surface area contributed by atoms with E-state index in [1.165, 1.54) is 41.3 Å². The summed E-state index contributed by atoms with van der Waals surface area (Å²) in [4.78, 5) is 50.6. The number of ketones is 1. The van der Waals surface area contributed by atoms with Crippen molar-refractivity contribution < 1.29 is 38.5 Å². The van der Waals surface area contributed by atoms with E-state index in [-0.39, 0.29) is 52.0 Å². The van der Waals surface area contributed by atoms with E-state index in [0.29, 0.717) is 0 Å². The molecule has 2 aromatic carbocycles. The molecule has 0 unspecified atom stereocenters. The first-order valence-electron chi connectivity index (χ1n) is 9.21. The molecule has 1 heterocycles. The number of rotatable bonds is 6. The van der Waals surface area contributed by atoms with Gasteiger partial charge in [-0.3, -0.25) is 4.79 Å². The van der Waals surface area contributed by atoms with Gasteiger partial charge < -0.3 is 24.2 Å². The molecule has 0 saturated heterocycles. The van der Waals surface area contributed by atoms with Gasteiger partial charge in [-0.05, 0) is 24.3 Å². The lowest BCUT2D eigenvalue weighted by molar-refractivity contribution is -0.140. The monoisotopic (exact) mass is 459 g/mol. The third kappa shape index (κ3) is 4.34. The minimum Gasteiger partial charge on any atom is -0.478 e. The van der Waals surface area contributed by atoms with E-state index in [2.05, 4.69) is 0 Å². The average molecular weight is 460 g/mol. The fourth-order valence-corrected chi connectivity index (χ4v) is 3.44. The van der Waals surface area contributed by atoms with E-state index >= 15 is 0 Å². The topological polar surface area (TPSA) is 119 Å². The molecule has 0 spiro atoms. The van der Waals surface area contributed by atoms with Crippen LogP contribution in [0.4, 0.5) is 5.69 Å². The number of halogens is 1. The lowest BCUT2D eigenvalue weighted by atomic mass is 9.97. The Balaban J connectivity index is 2.13. The van der Waals surface area contributed by atoms with E-state index in [4.69, 9.17) is 25.8 Å². The van der Waals surface area contributed by atoms with Crippen LogP contribution in [0.2, 0.25) is 5.02 Å².